The van der Waals surface area contributed by atoms with Gasteiger partial charge < -0.3 is 10.4 Å². The van der Waals surface area contributed by atoms with Crippen LogP contribution in [0.4, 0.5) is 0 Å². The van der Waals surface area contributed by atoms with Crippen molar-refractivity contribution in [2.75, 3.05) is 12.9 Å². The first-order chi connectivity index (χ1) is 8.72. The maximum absolute atomic E-state index is 12.0. The molecule has 96 valence electrons. The molecule has 0 unspecified atom stereocenters. The molecule has 2 N–H and O–H groups in total. The van der Waals surface area contributed by atoms with E-state index in [9.17, 15) is 4.79 Å². The van der Waals surface area contributed by atoms with Crippen molar-refractivity contribution in [3.05, 3.63) is 36.0 Å². The lowest BCUT2D eigenvalue weighted by Gasteiger charge is -2.12. The molecule has 1 amide bonds. The number of thioether (sulfide) groups is 1. The average molecular weight is 264 g/mol. The van der Waals surface area contributed by atoms with Crippen LogP contribution < -0.4 is 5.32 Å². The lowest BCUT2D eigenvalue weighted by atomic mass is 10.1. The molecule has 2 rings (SSSR count). The van der Waals surface area contributed by atoms with Gasteiger partial charge in [0.15, 0.2) is 0 Å². The van der Waals surface area contributed by atoms with E-state index in [0.29, 0.717) is 5.56 Å². The van der Waals surface area contributed by atoms with Gasteiger partial charge in [0.1, 0.15) is 0 Å². The van der Waals surface area contributed by atoms with E-state index in [1.807, 2.05) is 18.4 Å². The van der Waals surface area contributed by atoms with Crippen LogP contribution in [0.15, 0.2) is 35.5 Å². The zero-order valence-electron chi connectivity index (χ0n) is 10.2. The summed E-state index contributed by atoms with van der Waals surface area (Å²) >= 11 is 1.51. The zero-order valence-corrected chi connectivity index (χ0v) is 11.0. The van der Waals surface area contributed by atoms with Crippen LogP contribution in [0.1, 0.15) is 16.8 Å². The van der Waals surface area contributed by atoms with Gasteiger partial charge in [0.05, 0.1) is 5.03 Å². The van der Waals surface area contributed by atoms with Crippen LogP contribution in [0.25, 0.3) is 0 Å². The molecule has 18 heavy (non-hydrogen) atoms. The predicted molar refractivity (Wildman–Crippen MR) is 71.6 cm³/mol. The Morgan fingerprint density at radius 2 is 2.44 bits per heavy atom. The smallest absolute Gasteiger partial charge is 0.251 e. The number of hydrogen-bond donors (Lipinski definition) is 2. The van der Waals surface area contributed by atoms with E-state index in [1.165, 1.54) is 11.8 Å². The minimum absolute atomic E-state index is 0.0144. The number of hydrogen-bond acceptors (Lipinski definition) is 4. The predicted octanol–water partition coefficient (Wildman–Crippen LogP) is 1.47. The number of aromatic nitrogens is 1. The molecular weight excluding hydrogens is 248 g/mol. The fourth-order valence-electron chi connectivity index (χ4n) is 1.93. The van der Waals surface area contributed by atoms with Gasteiger partial charge in [0.25, 0.3) is 5.91 Å². The molecule has 0 spiro atoms. The van der Waals surface area contributed by atoms with E-state index in [2.05, 4.69) is 10.3 Å². The Labute approximate surface area is 111 Å². The topological polar surface area (TPSA) is 62.2 Å². The van der Waals surface area contributed by atoms with Crippen molar-refractivity contribution < 1.29 is 9.90 Å². The van der Waals surface area contributed by atoms with E-state index < -0.39 is 0 Å². The Morgan fingerprint density at radius 1 is 1.61 bits per heavy atom. The maximum atomic E-state index is 12.0. The molecule has 0 aromatic carbocycles. The van der Waals surface area contributed by atoms with Crippen LogP contribution in [0.3, 0.4) is 0 Å². The molecule has 1 aromatic heterocycles. The van der Waals surface area contributed by atoms with Gasteiger partial charge >= 0.3 is 0 Å². The van der Waals surface area contributed by atoms with Crippen molar-refractivity contribution in [2.45, 2.75) is 17.5 Å². The van der Waals surface area contributed by atoms with Crippen molar-refractivity contribution in [3.63, 3.8) is 0 Å². The van der Waals surface area contributed by atoms with Crippen LogP contribution in [0.2, 0.25) is 0 Å². The molecule has 1 aliphatic rings. The number of aliphatic hydroxyl groups is 1. The normalized spacial score (nSPS) is 22.1. The summed E-state index contributed by atoms with van der Waals surface area (Å²) in [6, 6.07) is 3.50. The summed E-state index contributed by atoms with van der Waals surface area (Å²) in [5.74, 6) is 0.0652. The third-order valence-corrected chi connectivity index (χ3v) is 3.57. The Morgan fingerprint density at radius 3 is 3.11 bits per heavy atom. The number of amides is 1. The molecule has 1 aliphatic carbocycles. The SMILES string of the molecule is CSc1cc(C(=O)N[C@@H]2C=C[C@H](CO)C2)ccn1. The largest absolute Gasteiger partial charge is 0.396 e. The summed E-state index contributed by atoms with van der Waals surface area (Å²) < 4.78 is 0. The Bertz CT molecular complexity index is 462. The first kappa shape index (κ1) is 13.1. The zero-order chi connectivity index (χ0) is 13.0. The highest BCUT2D eigenvalue weighted by Crippen LogP contribution is 2.18. The van der Waals surface area contributed by atoms with Crippen molar-refractivity contribution in [3.8, 4) is 0 Å². The summed E-state index contributed by atoms with van der Waals surface area (Å²) in [7, 11) is 0. The van der Waals surface area contributed by atoms with Gasteiger partial charge in [-0.1, -0.05) is 12.2 Å². The Hall–Kier alpha value is -1.33. The number of pyridine rings is 1. The van der Waals surface area contributed by atoms with Crippen molar-refractivity contribution >= 4 is 17.7 Å². The number of carbonyl (C=O) groups excluding carboxylic acids is 1. The molecule has 0 radical (unpaired) electrons. The van der Waals surface area contributed by atoms with E-state index in [1.54, 1.807) is 18.3 Å². The first-order valence-electron chi connectivity index (χ1n) is 5.83. The maximum Gasteiger partial charge on any atom is 0.251 e. The van der Waals surface area contributed by atoms with Crippen molar-refractivity contribution in [1.29, 1.82) is 0 Å². The number of carbonyl (C=O) groups is 1. The molecule has 1 aromatic rings. The minimum Gasteiger partial charge on any atom is -0.396 e. The van der Waals surface area contributed by atoms with E-state index in [-0.39, 0.29) is 24.5 Å². The fourth-order valence-corrected chi connectivity index (χ4v) is 2.34. The number of nitrogens with zero attached hydrogens (tertiary/aromatic N) is 1. The number of nitrogens with one attached hydrogen (secondary N) is 1. The monoisotopic (exact) mass is 264 g/mol. The molecule has 0 bridgehead atoms. The lowest BCUT2D eigenvalue weighted by molar-refractivity contribution is 0.0940. The van der Waals surface area contributed by atoms with Gasteiger partial charge in [-0.3, -0.25) is 4.79 Å². The highest BCUT2D eigenvalue weighted by Gasteiger charge is 2.20. The second kappa shape index (κ2) is 6.02. The summed E-state index contributed by atoms with van der Waals surface area (Å²) in [5, 5.41) is 12.8. The lowest BCUT2D eigenvalue weighted by Crippen LogP contribution is -2.32. The molecule has 0 saturated heterocycles. The van der Waals surface area contributed by atoms with Crippen LogP contribution in [0, 0.1) is 5.92 Å². The molecule has 4 nitrogen and oxygen atoms in total. The summed E-state index contributed by atoms with van der Waals surface area (Å²) in [6.07, 6.45) is 8.22. The Balaban J connectivity index is 1.98. The third kappa shape index (κ3) is 3.11. The van der Waals surface area contributed by atoms with Gasteiger partial charge in [-0.15, -0.1) is 11.8 Å². The molecule has 5 heteroatoms. The number of rotatable bonds is 4. The van der Waals surface area contributed by atoms with Crippen molar-refractivity contribution in [1.82, 2.24) is 10.3 Å². The highest BCUT2D eigenvalue weighted by molar-refractivity contribution is 7.98. The number of aliphatic hydroxyl groups excluding tert-OH is 1. The first-order valence-corrected chi connectivity index (χ1v) is 7.05. The molecule has 2 atom stereocenters. The van der Waals surface area contributed by atoms with Crippen LogP contribution in [-0.4, -0.2) is 34.9 Å². The third-order valence-electron chi connectivity index (χ3n) is 2.93. The van der Waals surface area contributed by atoms with E-state index in [4.69, 9.17) is 5.11 Å². The summed E-state index contributed by atoms with van der Waals surface area (Å²) in [5.41, 5.74) is 0.621. The van der Waals surface area contributed by atoms with Crippen molar-refractivity contribution in [2.24, 2.45) is 5.92 Å². The average Bonchev–Trinajstić information content (AvgIpc) is 2.86. The Kier molecular flexibility index (Phi) is 4.38. The molecular formula is C13H16N2O2S. The van der Waals surface area contributed by atoms with Gasteiger partial charge in [-0.05, 0) is 24.8 Å². The van der Waals surface area contributed by atoms with Crippen LogP contribution in [0.5, 0.6) is 0 Å². The standard InChI is InChI=1S/C13H16N2O2S/c1-18-12-7-10(4-5-14-12)13(17)15-11-3-2-9(6-11)8-16/h2-5,7,9,11,16H,6,8H2,1H3,(H,15,17)/t9-,11+/m0/s1. The van der Waals surface area contributed by atoms with Gasteiger partial charge in [-0.2, -0.15) is 0 Å². The van der Waals surface area contributed by atoms with Crippen LogP contribution >= 0.6 is 11.8 Å². The van der Waals surface area contributed by atoms with Gasteiger partial charge in [-0.25, -0.2) is 4.98 Å². The van der Waals surface area contributed by atoms with Gasteiger partial charge in [0, 0.05) is 30.3 Å². The second-order valence-electron chi connectivity index (χ2n) is 4.23. The van der Waals surface area contributed by atoms with E-state index in [0.717, 1.165) is 11.4 Å². The highest BCUT2D eigenvalue weighted by atomic mass is 32.2. The fraction of sp³-hybridized carbons (Fsp3) is 0.385. The second-order valence-corrected chi connectivity index (χ2v) is 5.06. The molecule has 1 heterocycles. The quantitative estimate of drug-likeness (QED) is 0.638. The molecule has 0 fully saturated rings. The molecule has 0 saturated carbocycles. The summed E-state index contributed by atoms with van der Waals surface area (Å²) in [6.45, 7) is 0.134. The molecule has 0 aliphatic heterocycles. The van der Waals surface area contributed by atoms with Crippen LogP contribution in [-0.2, 0) is 0 Å². The summed E-state index contributed by atoms with van der Waals surface area (Å²) in [4.78, 5) is 16.2. The minimum atomic E-state index is -0.0964. The van der Waals surface area contributed by atoms with Gasteiger partial charge in [0.2, 0.25) is 0 Å². The van der Waals surface area contributed by atoms with E-state index >= 15 is 0 Å².